The topological polar surface area (TPSA) is 45.0 Å². The zero-order valence-electron chi connectivity index (χ0n) is 18.2. The van der Waals surface area contributed by atoms with Crippen LogP contribution >= 0.6 is 0 Å². The fraction of sp³-hybridized carbons (Fsp3) is 1.00. The fourth-order valence-corrected chi connectivity index (χ4v) is 22.7. The molecule has 0 aromatic heterocycles. The molecular formula is C15H46N4OSi5. The predicted octanol–water partition coefficient (Wildman–Crippen LogP) is -2.54. The second-order valence-corrected chi connectivity index (χ2v) is 21.6. The summed E-state index contributed by atoms with van der Waals surface area (Å²) in [5.74, 6) is 0. The van der Waals surface area contributed by atoms with Crippen LogP contribution in [0.3, 0.4) is 0 Å². The highest BCUT2D eigenvalue weighted by Crippen LogP contribution is 2.38. The van der Waals surface area contributed by atoms with E-state index in [0.29, 0.717) is 4.28 Å². The lowest BCUT2D eigenvalue weighted by Crippen LogP contribution is -2.55. The molecule has 1 unspecified atom stereocenters. The fourth-order valence-electron chi connectivity index (χ4n) is 3.90. The summed E-state index contributed by atoms with van der Waals surface area (Å²) >= 11 is 0. The van der Waals surface area contributed by atoms with E-state index in [-0.39, 0.29) is 29.0 Å². The zero-order valence-corrected chi connectivity index (χ0v) is 25.8. The third-order valence-corrected chi connectivity index (χ3v) is 21.9. The van der Waals surface area contributed by atoms with Gasteiger partial charge in [0.05, 0.1) is 29.0 Å². The van der Waals surface area contributed by atoms with Crippen LogP contribution in [0.15, 0.2) is 0 Å². The SMILES string of the molecule is CCN(CC)[SiH2]C(CN)C([SiH2]O[SiH3])([SiH2]N(CC)CC)[SiH2]N(CC)CC. The predicted molar refractivity (Wildman–Crippen MR) is 129 cm³/mol. The first-order valence-corrected chi connectivity index (χ1v) is 16.6. The standard InChI is InChI=1S/C15H46N4OSi5/c1-7-17(8-2)22-14(13-16)15(25-20-21,23-18(9-3)10-4)24-19(11-5)12-6/h14H,7-13,16,22-25H2,1-6,21H3. The van der Waals surface area contributed by atoms with Crippen LogP contribution in [0.2, 0.25) is 9.83 Å². The highest BCUT2D eigenvalue weighted by Gasteiger charge is 2.42. The summed E-state index contributed by atoms with van der Waals surface area (Å²) in [6, 6.07) is 0. The summed E-state index contributed by atoms with van der Waals surface area (Å²) in [6.45, 7) is 22.1. The molecule has 0 aromatic rings. The van der Waals surface area contributed by atoms with Gasteiger partial charge in [-0.2, -0.15) is 0 Å². The molecule has 25 heavy (non-hydrogen) atoms. The van der Waals surface area contributed by atoms with E-state index in [1.165, 1.54) is 39.3 Å². The molecule has 0 bridgehead atoms. The quantitative estimate of drug-likeness (QED) is 0.269. The van der Waals surface area contributed by atoms with Gasteiger partial charge in [-0.25, -0.2) is 0 Å². The minimum atomic E-state index is -0.481. The van der Waals surface area contributed by atoms with E-state index in [9.17, 15) is 0 Å². The van der Waals surface area contributed by atoms with Crippen molar-refractivity contribution < 1.29 is 4.12 Å². The largest absolute Gasteiger partial charge is 0.468 e. The Labute approximate surface area is 170 Å². The second-order valence-electron chi connectivity index (χ2n) is 7.14. The van der Waals surface area contributed by atoms with E-state index in [4.69, 9.17) is 9.85 Å². The lowest BCUT2D eigenvalue weighted by atomic mass is 10.5. The van der Waals surface area contributed by atoms with E-state index < -0.39 is 9.76 Å². The Bertz CT molecular complexity index is 304. The van der Waals surface area contributed by atoms with Crippen molar-refractivity contribution in [2.75, 3.05) is 45.8 Å². The van der Waals surface area contributed by atoms with Crippen molar-refractivity contribution >= 4 is 49.3 Å². The van der Waals surface area contributed by atoms with E-state index >= 15 is 0 Å². The maximum Gasteiger partial charge on any atom is 0.148 e. The van der Waals surface area contributed by atoms with Gasteiger partial charge in [0.15, 0.2) is 0 Å². The van der Waals surface area contributed by atoms with E-state index in [1.54, 1.807) is 0 Å². The Morgan fingerprint density at radius 1 is 0.840 bits per heavy atom. The Hall–Kier alpha value is 0.884. The molecule has 0 radical (unpaired) electrons. The van der Waals surface area contributed by atoms with Crippen molar-refractivity contribution in [1.29, 1.82) is 0 Å². The normalized spacial score (nSPS) is 18.0. The molecule has 0 aliphatic carbocycles. The van der Waals surface area contributed by atoms with Gasteiger partial charge in [0.1, 0.15) is 20.2 Å². The molecule has 0 aliphatic rings. The van der Waals surface area contributed by atoms with Crippen LogP contribution in [0.1, 0.15) is 41.5 Å². The minimum Gasteiger partial charge on any atom is -0.468 e. The molecular weight excluding hydrogens is 393 g/mol. The molecule has 0 spiro atoms. The van der Waals surface area contributed by atoms with Gasteiger partial charge in [-0.1, -0.05) is 41.5 Å². The van der Waals surface area contributed by atoms with Crippen LogP contribution in [0.5, 0.6) is 0 Å². The Kier molecular flexibility index (Phi) is 15.4. The number of hydrogen-bond donors (Lipinski definition) is 1. The maximum absolute atomic E-state index is 6.46. The van der Waals surface area contributed by atoms with Crippen LogP contribution in [0, 0.1) is 0 Å². The molecule has 1 atom stereocenters. The first-order valence-electron chi connectivity index (χ1n) is 10.4. The maximum atomic E-state index is 6.46. The molecule has 152 valence electrons. The van der Waals surface area contributed by atoms with Crippen LogP contribution in [-0.4, -0.2) is 109 Å². The molecule has 0 saturated carbocycles. The molecule has 0 fully saturated rings. The van der Waals surface area contributed by atoms with Crippen molar-refractivity contribution in [2.24, 2.45) is 5.73 Å². The molecule has 0 saturated heterocycles. The number of nitrogens with zero attached hydrogens (tertiary/aromatic N) is 3. The van der Waals surface area contributed by atoms with E-state index in [2.05, 4.69) is 55.2 Å². The Morgan fingerprint density at radius 2 is 1.24 bits per heavy atom. The Morgan fingerprint density at radius 3 is 1.52 bits per heavy atom. The first-order chi connectivity index (χ1) is 12.0. The van der Waals surface area contributed by atoms with Crippen LogP contribution in [-0.2, 0) is 4.12 Å². The van der Waals surface area contributed by atoms with E-state index in [1.807, 2.05) is 0 Å². The highest BCUT2D eigenvalue weighted by molar-refractivity contribution is 6.79. The van der Waals surface area contributed by atoms with Gasteiger partial charge >= 0.3 is 0 Å². The smallest absolute Gasteiger partial charge is 0.148 e. The summed E-state index contributed by atoms with van der Waals surface area (Å²) in [5, 5.41) is 0. The summed E-state index contributed by atoms with van der Waals surface area (Å²) in [6.07, 6.45) is 0. The molecule has 10 heteroatoms. The van der Waals surface area contributed by atoms with Crippen LogP contribution < -0.4 is 5.73 Å². The first kappa shape index (κ1) is 25.9. The molecule has 0 rings (SSSR count). The van der Waals surface area contributed by atoms with Gasteiger partial charge in [0.25, 0.3) is 0 Å². The van der Waals surface area contributed by atoms with Crippen molar-refractivity contribution in [2.45, 2.75) is 51.4 Å². The molecule has 0 heterocycles. The monoisotopic (exact) mass is 438 g/mol. The van der Waals surface area contributed by atoms with Gasteiger partial charge in [-0.05, 0) is 55.6 Å². The van der Waals surface area contributed by atoms with Crippen molar-refractivity contribution in [1.82, 2.24) is 13.7 Å². The van der Waals surface area contributed by atoms with Crippen LogP contribution in [0.4, 0.5) is 0 Å². The van der Waals surface area contributed by atoms with Gasteiger partial charge in [-0.3, -0.25) is 0 Å². The average molecular weight is 439 g/mol. The van der Waals surface area contributed by atoms with Gasteiger partial charge < -0.3 is 23.5 Å². The van der Waals surface area contributed by atoms with Gasteiger partial charge in [0, 0.05) is 0 Å². The number of rotatable bonds is 16. The minimum absolute atomic E-state index is 0.307. The molecule has 2 N–H and O–H groups in total. The van der Waals surface area contributed by atoms with Crippen molar-refractivity contribution in [3.63, 3.8) is 0 Å². The van der Waals surface area contributed by atoms with Crippen molar-refractivity contribution in [3.8, 4) is 0 Å². The zero-order chi connectivity index (χ0) is 19.3. The average Bonchev–Trinajstić information content (AvgIpc) is 2.65. The Balaban J connectivity index is 5.72. The summed E-state index contributed by atoms with van der Waals surface area (Å²) in [7, 11) is -0.515. The summed E-state index contributed by atoms with van der Waals surface area (Å²) < 4.78 is 15.0. The lowest BCUT2D eigenvalue weighted by Gasteiger charge is -2.45. The number of nitrogens with two attached hydrogens (primary N) is 1. The molecule has 0 aromatic carbocycles. The molecule has 0 aliphatic heterocycles. The van der Waals surface area contributed by atoms with Gasteiger partial charge in [-0.15, -0.1) is 0 Å². The molecule has 5 nitrogen and oxygen atoms in total. The second kappa shape index (κ2) is 14.9. The third kappa shape index (κ3) is 8.62. The highest BCUT2D eigenvalue weighted by atomic mass is 28.4. The van der Waals surface area contributed by atoms with E-state index in [0.717, 1.165) is 22.6 Å². The van der Waals surface area contributed by atoms with Crippen molar-refractivity contribution in [3.05, 3.63) is 0 Å². The third-order valence-electron chi connectivity index (χ3n) is 5.82. The number of hydrogen-bond acceptors (Lipinski definition) is 5. The molecule has 0 amide bonds. The summed E-state index contributed by atoms with van der Waals surface area (Å²) in [4.78, 5) is 0. The van der Waals surface area contributed by atoms with Crippen LogP contribution in [0.25, 0.3) is 0 Å². The summed E-state index contributed by atoms with van der Waals surface area (Å²) in [5.41, 5.74) is 7.23. The van der Waals surface area contributed by atoms with Gasteiger partial charge in [0.2, 0.25) is 0 Å². The lowest BCUT2D eigenvalue weighted by molar-refractivity contribution is 0.448.